The van der Waals surface area contributed by atoms with E-state index in [4.69, 9.17) is 9.97 Å². The first-order chi connectivity index (χ1) is 18.4. The number of benzene rings is 3. The van der Waals surface area contributed by atoms with Crippen LogP contribution in [0.2, 0.25) is 0 Å². The fraction of sp³-hybridized carbons (Fsp3) is 0.276. The molecular formula is C29H30F2N6O. The molecule has 1 heterocycles. The molecule has 0 bridgehead atoms. The topological polar surface area (TPSA) is 73.4 Å². The molecule has 4 aromatic rings. The largest absolute Gasteiger partial charge is 0.362 e. The van der Waals surface area contributed by atoms with Gasteiger partial charge in [-0.15, -0.1) is 0 Å². The maximum absolute atomic E-state index is 13.5. The van der Waals surface area contributed by atoms with E-state index in [1.54, 1.807) is 0 Å². The summed E-state index contributed by atoms with van der Waals surface area (Å²) in [5.41, 5.74) is 2.10. The van der Waals surface area contributed by atoms with Crippen molar-refractivity contribution in [1.29, 1.82) is 0 Å². The Kier molecular flexibility index (Phi) is 7.35. The van der Waals surface area contributed by atoms with Crippen LogP contribution in [0.4, 0.5) is 36.7 Å². The molecule has 1 aromatic heterocycles. The van der Waals surface area contributed by atoms with Crippen molar-refractivity contribution in [2.45, 2.75) is 37.8 Å². The predicted octanol–water partition coefficient (Wildman–Crippen LogP) is 6.25. The van der Waals surface area contributed by atoms with Crippen LogP contribution in [-0.4, -0.2) is 42.2 Å². The summed E-state index contributed by atoms with van der Waals surface area (Å²) in [4.78, 5) is 26.6. The Bertz CT molecular complexity index is 1420. The highest BCUT2D eigenvalue weighted by Crippen LogP contribution is 2.35. The number of amides is 2. The SMILES string of the molecule is CN(C)c1nc(N(c2ccccc2)[C@H]2CC[C@@H](NC(=O)Nc3ccc(F)c(F)c3)CC2)nc2ccccc12. The number of halogens is 2. The van der Waals surface area contributed by atoms with Gasteiger partial charge in [-0.1, -0.05) is 30.3 Å². The molecule has 1 fully saturated rings. The van der Waals surface area contributed by atoms with E-state index in [9.17, 15) is 13.6 Å². The first-order valence-electron chi connectivity index (χ1n) is 12.7. The Morgan fingerprint density at radius 2 is 1.58 bits per heavy atom. The highest BCUT2D eigenvalue weighted by molar-refractivity contribution is 5.91. The maximum atomic E-state index is 13.5. The van der Waals surface area contributed by atoms with Gasteiger partial charge in [0.15, 0.2) is 11.6 Å². The second-order valence-corrected chi connectivity index (χ2v) is 9.70. The standard InChI is InChI=1S/C29H30F2N6O/c1-36(2)27-23-10-6-7-11-26(23)34-28(35-27)37(21-8-4-3-5-9-21)22-15-12-19(13-16-22)32-29(38)33-20-14-17-24(30)25(31)18-20/h3-11,14,17-19,22H,12-13,15-16H2,1-2H3,(H2,32,33,38)/t19-,22+. The fourth-order valence-corrected chi connectivity index (χ4v) is 4.98. The van der Waals surface area contributed by atoms with Gasteiger partial charge in [0.05, 0.1) is 5.52 Å². The average molecular weight is 517 g/mol. The van der Waals surface area contributed by atoms with E-state index >= 15 is 0 Å². The molecule has 3 aromatic carbocycles. The van der Waals surface area contributed by atoms with Gasteiger partial charge in [0, 0.05) is 49.0 Å². The van der Waals surface area contributed by atoms with Crippen molar-refractivity contribution >= 4 is 40.1 Å². The van der Waals surface area contributed by atoms with Crippen LogP contribution in [0.25, 0.3) is 10.9 Å². The third kappa shape index (κ3) is 5.51. The van der Waals surface area contributed by atoms with Crippen LogP contribution in [0.1, 0.15) is 25.7 Å². The average Bonchev–Trinajstić information content (AvgIpc) is 2.92. The van der Waals surface area contributed by atoms with E-state index in [-0.39, 0.29) is 17.8 Å². The Morgan fingerprint density at radius 3 is 2.29 bits per heavy atom. The molecule has 2 amide bonds. The summed E-state index contributed by atoms with van der Waals surface area (Å²) < 4.78 is 26.7. The van der Waals surface area contributed by atoms with Crippen molar-refractivity contribution in [1.82, 2.24) is 15.3 Å². The van der Waals surface area contributed by atoms with Gasteiger partial charge in [0.1, 0.15) is 5.82 Å². The molecule has 5 rings (SSSR count). The molecule has 0 spiro atoms. The summed E-state index contributed by atoms with van der Waals surface area (Å²) in [5, 5.41) is 6.55. The van der Waals surface area contributed by atoms with E-state index in [2.05, 4.69) is 27.7 Å². The number of fused-ring (bicyclic) bond motifs is 1. The molecule has 7 nitrogen and oxygen atoms in total. The van der Waals surface area contributed by atoms with Crippen molar-refractivity contribution in [3.63, 3.8) is 0 Å². The lowest BCUT2D eigenvalue weighted by Crippen LogP contribution is -2.44. The number of para-hydroxylation sites is 2. The summed E-state index contributed by atoms with van der Waals surface area (Å²) in [6.07, 6.45) is 3.15. The van der Waals surface area contributed by atoms with Gasteiger partial charge in [-0.05, 0) is 62.1 Å². The number of hydrogen-bond donors (Lipinski definition) is 2. The van der Waals surface area contributed by atoms with Crippen LogP contribution in [0.15, 0.2) is 72.8 Å². The van der Waals surface area contributed by atoms with Gasteiger partial charge in [0.25, 0.3) is 0 Å². The van der Waals surface area contributed by atoms with Gasteiger partial charge >= 0.3 is 6.03 Å². The molecule has 1 saturated carbocycles. The van der Waals surface area contributed by atoms with E-state index < -0.39 is 17.7 Å². The lowest BCUT2D eigenvalue weighted by atomic mass is 9.90. The number of hydrogen-bond acceptors (Lipinski definition) is 5. The fourth-order valence-electron chi connectivity index (χ4n) is 4.98. The lowest BCUT2D eigenvalue weighted by Gasteiger charge is -2.37. The summed E-state index contributed by atoms with van der Waals surface area (Å²) in [5.74, 6) is -0.454. The predicted molar refractivity (Wildman–Crippen MR) is 147 cm³/mol. The zero-order chi connectivity index (χ0) is 26.6. The molecule has 2 N–H and O–H groups in total. The van der Waals surface area contributed by atoms with Crippen molar-refractivity contribution < 1.29 is 13.6 Å². The Hall–Kier alpha value is -4.27. The smallest absolute Gasteiger partial charge is 0.319 e. The Morgan fingerprint density at radius 1 is 0.868 bits per heavy atom. The van der Waals surface area contributed by atoms with E-state index in [0.29, 0.717) is 5.95 Å². The minimum absolute atomic E-state index is 0.0379. The summed E-state index contributed by atoms with van der Waals surface area (Å²) >= 11 is 0. The van der Waals surface area contributed by atoms with Crippen LogP contribution < -0.4 is 20.4 Å². The number of rotatable bonds is 6. The van der Waals surface area contributed by atoms with Gasteiger partial charge in [-0.3, -0.25) is 0 Å². The minimum Gasteiger partial charge on any atom is -0.362 e. The number of carbonyl (C=O) groups is 1. The molecule has 38 heavy (non-hydrogen) atoms. The Balaban J connectivity index is 1.34. The molecule has 196 valence electrons. The maximum Gasteiger partial charge on any atom is 0.319 e. The number of carbonyl (C=O) groups excluding carboxylic acids is 1. The second-order valence-electron chi connectivity index (χ2n) is 9.70. The lowest BCUT2D eigenvalue weighted by molar-refractivity contribution is 0.242. The highest BCUT2D eigenvalue weighted by Gasteiger charge is 2.30. The summed E-state index contributed by atoms with van der Waals surface area (Å²) in [7, 11) is 3.96. The van der Waals surface area contributed by atoms with Crippen molar-refractivity contribution in [2.75, 3.05) is 29.2 Å². The first-order valence-corrected chi connectivity index (χ1v) is 12.7. The normalized spacial score (nSPS) is 17.2. The third-order valence-electron chi connectivity index (χ3n) is 6.82. The number of nitrogens with zero attached hydrogens (tertiary/aromatic N) is 4. The molecule has 9 heteroatoms. The molecule has 1 aliphatic carbocycles. The van der Waals surface area contributed by atoms with Gasteiger partial charge in [-0.25, -0.2) is 18.6 Å². The number of nitrogens with one attached hydrogen (secondary N) is 2. The number of anilines is 4. The van der Waals surface area contributed by atoms with Crippen molar-refractivity contribution in [3.05, 3.63) is 84.4 Å². The third-order valence-corrected chi connectivity index (χ3v) is 6.82. The minimum atomic E-state index is -1.00. The highest BCUT2D eigenvalue weighted by atomic mass is 19.2. The van der Waals surface area contributed by atoms with E-state index in [1.807, 2.05) is 61.5 Å². The second kappa shape index (κ2) is 11.0. The summed E-state index contributed by atoms with van der Waals surface area (Å²) in [6.45, 7) is 0. The van der Waals surface area contributed by atoms with Gasteiger partial charge < -0.3 is 20.4 Å². The van der Waals surface area contributed by atoms with Crippen molar-refractivity contribution in [2.24, 2.45) is 0 Å². The molecule has 0 unspecified atom stereocenters. The first kappa shape index (κ1) is 25.4. The van der Waals surface area contributed by atoms with Gasteiger partial charge in [-0.2, -0.15) is 4.98 Å². The van der Waals surface area contributed by atoms with E-state index in [0.717, 1.165) is 60.2 Å². The van der Waals surface area contributed by atoms with Crippen LogP contribution in [-0.2, 0) is 0 Å². The number of urea groups is 1. The van der Waals surface area contributed by atoms with Crippen LogP contribution in [0.5, 0.6) is 0 Å². The van der Waals surface area contributed by atoms with E-state index in [1.165, 1.54) is 6.07 Å². The van der Waals surface area contributed by atoms with Crippen LogP contribution in [0.3, 0.4) is 0 Å². The van der Waals surface area contributed by atoms with Crippen LogP contribution in [0, 0.1) is 11.6 Å². The quantitative estimate of drug-likeness (QED) is 0.317. The molecule has 0 saturated heterocycles. The zero-order valence-electron chi connectivity index (χ0n) is 21.4. The molecule has 0 atom stereocenters. The molecule has 0 radical (unpaired) electrons. The van der Waals surface area contributed by atoms with Crippen molar-refractivity contribution in [3.8, 4) is 0 Å². The monoisotopic (exact) mass is 516 g/mol. The molecule has 1 aliphatic rings. The molecule has 0 aliphatic heterocycles. The Labute approximate surface area is 220 Å². The zero-order valence-corrected chi connectivity index (χ0v) is 21.4. The van der Waals surface area contributed by atoms with Crippen LogP contribution >= 0.6 is 0 Å². The summed E-state index contributed by atoms with van der Waals surface area (Å²) in [6, 6.07) is 21.1. The molecular weight excluding hydrogens is 486 g/mol. The number of aromatic nitrogens is 2. The van der Waals surface area contributed by atoms with Gasteiger partial charge in [0.2, 0.25) is 5.95 Å².